The predicted octanol–water partition coefficient (Wildman–Crippen LogP) is 4.04. The molecule has 4 rings (SSSR count). The first-order chi connectivity index (χ1) is 15.7. The van der Waals surface area contributed by atoms with Gasteiger partial charge in [0.1, 0.15) is 17.6 Å². The normalized spacial score (nSPS) is 14.7. The van der Waals surface area contributed by atoms with Crippen molar-refractivity contribution in [3.8, 4) is 22.6 Å². The number of aryl methyl sites for hydroxylation is 1. The van der Waals surface area contributed by atoms with Crippen LogP contribution >= 0.6 is 0 Å². The zero-order chi connectivity index (χ0) is 23.6. The van der Waals surface area contributed by atoms with Crippen LogP contribution in [0.3, 0.4) is 0 Å². The van der Waals surface area contributed by atoms with Crippen LogP contribution in [-0.2, 0) is 27.0 Å². The Bertz CT molecular complexity index is 1300. The lowest BCUT2D eigenvalue weighted by molar-refractivity contribution is -0.137. The largest absolute Gasteiger partial charge is 0.496 e. The van der Waals surface area contributed by atoms with E-state index < -0.39 is 22.1 Å². The van der Waals surface area contributed by atoms with Crippen LogP contribution in [0.25, 0.3) is 11.1 Å². The summed E-state index contributed by atoms with van der Waals surface area (Å²) >= 11 is 0. The van der Waals surface area contributed by atoms with E-state index in [1.165, 1.54) is 0 Å². The zero-order valence-electron chi connectivity index (χ0n) is 18.2. The molecule has 0 saturated heterocycles. The standard InChI is InChI=1S/C25H25NO6S/c1-31-21-8-4-9-22-24(21)19-12-11-17(15-33(26,29)30)14-20(19)25(32-22)18-7-2-5-16(13-18)6-3-10-23(27)28/h2,4-5,7-9,11-14,25H,3,6,10,15H2,1H3,(H,27,28)(H2,26,29,30). The Labute approximate surface area is 192 Å². The van der Waals surface area contributed by atoms with Crippen LogP contribution in [0.2, 0.25) is 0 Å². The highest BCUT2D eigenvalue weighted by molar-refractivity contribution is 7.88. The number of primary sulfonamides is 1. The van der Waals surface area contributed by atoms with Crippen molar-refractivity contribution in [1.29, 1.82) is 0 Å². The van der Waals surface area contributed by atoms with Gasteiger partial charge in [-0.3, -0.25) is 4.79 Å². The van der Waals surface area contributed by atoms with Crippen molar-refractivity contribution in [2.75, 3.05) is 7.11 Å². The maximum atomic E-state index is 11.7. The maximum absolute atomic E-state index is 11.7. The molecule has 8 heteroatoms. The molecule has 33 heavy (non-hydrogen) atoms. The number of rotatable bonds is 8. The molecule has 3 N–H and O–H groups in total. The third-order valence-corrected chi connectivity index (χ3v) is 6.33. The first-order valence-electron chi connectivity index (χ1n) is 10.5. The van der Waals surface area contributed by atoms with Crippen molar-refractivity contribution in [3.63, 3.8) is 0 Å². The number of carbonyl (C=O) groups is 1. The molecular weight excluding hydrogens is 442 g/mol. The van der Waals surface area contributed by atoms with E-state index in [4.69, 9.17) is 19.7 Å². The lowest BCUT2D eigenvalue weighted by atomic mass is 9.87. The molecule has 7 nitrogen and oxygen atoms in total. The quantitative estimate of drug-likeness (QED) is 0.517. The average Bonchev–Trinajstić information content (AvgIpc) is 2.76. The highest BCUT2D eigenvalue weighted by Gasteiger charge is 2.30. The fourth-order valence-electron chi connectivity index (χ4n) is 4.22. The van der Waals surface area contributed by atoms with Gasteiger partial charge in [-0.25, -0.2) is 13.6 Å². The van der Waals surface area contributed by atoms with E-state index >= 15 is 0 Å². The van der Waals surface area contributed by atoms with Crippen LogP contribution in [-0.4, -0.2) is 26.6 Å². The van der Waals surface area contributed by atoms with Crippen LogP contribution in [0.5, 0.6) is 11.5 Å². The second-order valence-electron chi connectivity index (χ2n) is 8.05. The number of methoxy groups -OCH3 is 1. The second-order valence-corrected chi connectivity index (χ2v) is 9.67. The van der Waals surface area contributed by atoms with Crippen molar-refractivity contribution in [1.82, 2.24) is 0 Å². The summed E-state index contributed by atoms with van der Waals surface area (Å²) in [6.07, 6.45) is 0.811. The molecule has 1 atom stereocenters. The molecule has 0 spiro atoms. The number of ether oxygens (including phenoxy) is 2. The highest BCUT2D eigenvalue weighted by atomic mass is 32.2. The molecule has 1 aliphatic rings. The van der Waals surface area contributed by atoms with Crippen molar-refractivity contribution < 1.29 is 27.8 Å². The van der Waals surface area contributed by atoms with Crippen LogP contribution in [0, 0.1) is 0 Å². The molecule has 1 unspecified atom stereocenters. The molecular formula is C25H25NO6S. The Hall–Kier alpha value is -3.36. The number of benzene rings is 3. The van der Waals surface area contributed by atoms with Crippen LogP contribution in [0.1, 0.15) is 41.2 Å². The number of aliphatic carboxylic acids is 1. The van der Waals surface area contributed by atoms with E-state index in [9.17, 15) is 13.2 Å². The number of carboxylic acid groups (broad SMARTS) is 1. The minimum Gasteiger partial charge on any atom is -0.496 e. The summed E-state index contributed by atoms with van der Waals surface area (Å²) in [6.45, 7) is 0. The first-order valence-corrected chi connectivity index (χ1v) is 12.2. The Morgan fingerprint density at radius 1 is 1.09 bits per heavy atom. The number of hydrogen-bond donors (Lipinski definition) is 2. The van der Waals surface area contributed by atoms with Gasteiger partial charge in [-0.2, -0.15) is 0 Å². The lowest BCUT2D eigenvalue weighted by Gasteiger charge is -2.30. The fraction of sp³-hybridized carbons (Fsp3) is 0.240. The van der Waals surface area contributed by atoms with Crippen LogP contribution in [0.15, 0.2) is 60.7 Å². The molecule has 3 aromatic rings. The topological polar surface area (TPSA) is 116 Å². The Morgan fingerprint density at radius 3 is 2.61 bits per heavy atom. The fourth-order valence-corrected chi connectivity index (χ4v) is 4.86. The van der Waals surface area contributed by atoms with Gasteiger partial charge >= 0.3 is 5.97 Å². The molecule has 0 saturated carbocycles. The SMILES string of the molecule is COc1cccc2c1-c1ccc(CS(N)(=O)=O)cc1C(c1cccc(CCCC(=O)O)c1)O2. The van der Waals surface area contributed by atoms with Gasteiger partial charge in [-0.05, 0) is 47.2 Å². The zero-order valence-corrected chi connectivity index (χ0v) is 19.0. The van der Waals surface area contributed by atoms with E-state index in [1.807, 2.05) is 54.6 Å². The summed E-state index contributed by atoms with van der Waals surface area (Å²) in [4.78, 5) is 10.9. The monoisotopic (exact) mass is 467 g/mol. The van der Waals surface area contributed by atoms with Gasteiger partial charge in [0.25, 0.3) is 0 Å². The van der Waals surface area contributed by atoms with E-state index in [0.29, 0.717) is 29.9 Å². The minimum atomic E-state index is -3.70. The van der Waals surface area contributed by atoms with E-state index in [1.54, 1.807) is 13.2 Å². The summed E-state index contributed by atoms with van der Waals surface area (Å²) in [5.74, 6) is 0.237. The Kier molecular flexibility index (Phi) is 6.40. The van der Waals surface area contributed by atoms with Crippen molar-refractivity contribution in [2.24, 2.45) is 5.14 Å². The summed E-state index contributed by atoms with van der Waals surface area (Å²) < 4.78 is 35.4. The smallest absolute Gasteiger partial charge is 0.303 e. The molecule has 3 aromatic carbocycles. The van der Waals surface area contributed by atoms with Crippen LogP contribution in [0.4, 0.5) is 0 Å². The van der Waals surface area contributed by atoms with E-state index in [-0.39, 0.29) is 12.2 Å². The van der Waals surface area contributed by atoms with E-state index in [0.717, 1.165) is 27.8 Å². The van der Waals surface area contributed by atoms with Gasteiger partial charge in [0.2, 0.25) is 10.0 Å². The van der Waals surface area contributed by atoms with Gasteiger partial charge in [0.15, 0.2) is 0 Å². The number of sulfonamides is 1. The molecule has 0 aromatic heterocycles. The molecule has 0 aliphatic carbocycles. The molecule has 1 heterocycles. The number of carboxylic acids is 1. The Morgan fingerprint density at radius 2 is 1.88 bits per heavy atom. The summed E-state index contributed by atoms with van der Waals surface area (Å²) in [6, 6.07) is 18.9. The molecule has 0 fully saturated rings. The van der Waals surface area contributed by atoms with Gasteiger partial charge < -0.3 is 14.6 Å². The minimum absolute atomic E-state index is 0.108. The number of nitrogens with two attached hydrogens (primary N) is 1. The van der Waals surface area contributed by atoms with Gasteiger partial charge in [0.05, 0.1) is 18.4 Å². The lowest BCUT2D eigenvalue weighted by Crippen LogP contribution is -2.18. The molecule has 0 amide bonds. The molecule has 1 aliphatic heterocycles. The number of hydrogen-bond acceptors (Lipinski definition) is 5. The van der Waals surface area contributed by atoms with Gasteiger partial charge in [-0.15, -0.1) is 0 Å². The summed E-state index contributed by atoms with van der Waals surface area (Å²) in [5.41, 5.74) is 5.00. The number of fused-ring (bicyclic) bond motifs is 3. The molecule has 0 bridgehead atoms. The van der Waals surface area contributed by atoms with Crippen molar-refractivity contribution >= 4 is 16.0 Å². The maximum Gasteiger partial charge on any atom is 0.303 e. The van der Waals surface area contributed by atoms with Crippen LogP contribution < -0.4 is 14.6 Å². The van der Waals surface area contributed by atoms with Crippen molar-refractivity contribution in [2.45, 2.75) is 31.1 Å². The summed E-state index contributed by atoms with van der Waals surface area (Å²) in [5, 5.41) is 14.2. The Balaban J connectivity index is 1.79. The second kappa shape index (κ2) is 9.25. The third-order valence-electron chi connectivity index (χ3n) is 5.60. The van der Waals surface area contributed by atoms with Gasteiger partial charge in [-0.1, -0.05) is 48.5 Å². The van der Waals surface area contributed by atoms with E-state index in [2.05, 4.69) is 0 Å². The molecule has 0 radical (unpaired) electrons. The van der Waals surface area contributed by atoms with Crippen molar-refractivity contribution in [3.05, 3.63) is 82.9 Å². The summed E-state index contributed by atoms with van der Waals surface area (Å²) in [7, 11) is -2.10. The highest BCUT2D eigenvalue weighted by Crippen LogP contribution is 2.49. The molecule has 172 valence electrons. The first kappa shape index (κ1) is 22.8. The third kappa shape index (κ3) is 5.18. The van der Waals surface area contributed by atoms with Gasteiger partial charge in [0, 0.05) is 12.0 Å². The average molecular weight is 468 g/mol. The predicted molar refractivity (Wildman–Crippen MR) is 125 cm³/mol.